The number of allylic oxidation sites excluding steroid dienone is 2. The number of hydrogen-bond donors (Lipinski definition) is 0. The molecule has 2 aromatic carbocycles. The van der Waals surface area contributed by atoms with Gasteiger partial charge in [-0.25, -0.2) is 0 Å². The third-order valence-corrected chi connectivity index (χ3v) is 23.8. The number of rotatable bonds is 28. The topological polar surface area (TPSA) is 0 Å². The number of unbranched alkanes of at least 4 members (excludes halogenated alkanes) is 12. The van der Waals surface area contributed by atoms with Crippen LogP contribution in [0.15, 0.2) is 126 Å². The van der Waals surface area contributed by atoms with Gasteiger partial charge in [-0.15, -0.1) is 79.4 Å². The summed E-state index contributed by atoms with van der Waals surface area (Å²) >= 11 is 13.7. The van der Waals surface area contributed by atoms with Gasteiger partial charge in [0.15, 0.2) is 0 Å². The Kier molecular flexibility index (Phi) is 21.7. The van der Waals surface area contributed by atoms with Crippen LogP contribution < -0.4 is 0 Å². The second-order valence-electron chi connectivity index (χ2n) is 20.9. The van der Waals surface area contributed by atoms with E-state index in [1.54, 1.807) is 5.57 Å². The molecular weight excluding hydrogens is 1070 g/mol. The molecule has 7 aromatic heterocycles. The Bertz CT molecular complexity index is 3330. The lowest BCUT2D eigenvalue weighted by molar-refractivity contribution is 0.665. The first-order valence-corrected chi connectivity index (χ1v) is 34.7. The first-order chi connectivity index (χ1) is 37.8. The molecule has 9 rings (SSSR count). The van der Waals surface area contributed by atoms with E-state index >= 15 is 0 Å². The van der Waals surface area contributed by atoms with Crippen LogP contribution in [0.25, 0.3) is 75.2 Å². The van der Waals surface area contributed by atoms with Gasteiger partial charge in [0, 0.05) is 74.5 Å². The number of thiophene rings is 7. The first-order valence-electron chi connectivity index (χ1n) is 28.9. The highest BCUT2D eigenvalue weighted by atomic mass is 32.1. The van der Waals surface area contributed by atoms with Gasteiger partial charge in [-0.05, 0) is 195 Å². The lowest BCUT2D eigenvalue weighted by atomic mass is 10.0. The molecule has 400 valence electrons. The molecule has 0 amide bonds. The van der Waals surface area contributed by atoms with E-state index in [1.807, 2.05) is 79.4 Å². The maximum absolute atomic E-state index is 3.49. The van der Waals surface area contributed by atoms with Gasteiger partial charge in [-0.3, -0.25) is 0 Å². The van der Waals surface area contributed by atoms with Crippen LogP contribution in [0.2, 0.25) is 0 Å². The number of aryl methyl sites for hydroxylation is 3. The average Bonchev–Trinajstić information content (AvgIpc) is 4.34. The monoisotopic (exact) mass is 1140 g/mol. The molecule has 7 heteroatoms. The molecular formula is C70H78S7. The maximum atomic E-state index is 3.49. The molecule has 0 aliphatic rings. The third kappa shape index (κ3) is 15.3. The fraction of sp³-hybridized carbons (Fsp3) is 0.371. The van der Waals surface area contributed by atoms with Crippen LogP contribution in [0.1, 0.15) is 183 Å². The van der Waals surface area contributed by atoms with E-state index in [-0.39, 0.29) is 0 Å². The van der Waals surface area contributed by atoms with Gasteiger partial charge in [0.2, 0.25) is 0 Å². The zero-order valence-electron chi connectivity index (χ0n) is 46.5. The molecule has 0 unspecified atom stereocenters. The van der Waals surface area contributed by atoms with Crippen molar-refractivity contribution in [3.8, 4) is 81.5 Å². The molecule has 0 N–H and O–H groups in total. The Labute approximate surface area is 491 Å². The Balaban J connectivity index is 0.876. The van der Waals surface area contributed by atoms with E-state index in [0.29, 0.717) is 0 Å². The molecule has 0 fully saturated rings. The standard InChI is InChI=1S/C70H78S7/c1-7-11-15-19-23-49(5)50(6)58-37-38-59(72-58)60-40-43-64(74-60)69-56(25-21-17-13-9-3)47-66(76-69)53-33-29-51(30-34-53)27-28-52-31-35-54(36-32-52)67-48-57(26-22-18-14-10-4)70(77-67)65-44-41-62(75-65)61-39-42-63(73-61)68-55(45-46-71-68)24-20-16-12-8-2/h29-48H,7-26H2,1-6H3/b50-49-. The fourth-order valence-electron chi connectivity index (χ4n) is 10.1. The smallest absolute Gasteiger partial charge is 0.0481 e. The summed E-state index contributed by atoms with van der Waals surface area (Å²) in [6.45, 7) is 13.8. The van der Waals surface area contributed by atoms with Crippen LogP contribution >= 0.6 is 79.4 Å². The highest BCUT2D eigenvalue weighted by molar-refractivity contribution is 7.29. The SMILES string of the molecule is CCCCCC/C(C)=C(/C)c1ccc(-c2ccc(-c3sc(-c4ccc(C#Cc5ccc(-c6cc(CCCCCC)c(-c7ccc(-c8ccc(-c9sccc9CCCCCC)s8)s7)s6)cc5)cc4)cc3CCCCCC)s2)s1. The third-order valence-electron chi connectivity index (χ3n) is 14.9. The zero-order valence-corrected chi connectivity index (χ0v) is 52.3. The van der Waals surface area contributed by atoms with Crippen molar-refractivity contribution >= 4 is 84.9 Å². The molecule has 0 aliphatic carbocycles. The maximum Gasteiger partial charge on any atom is 0.0481 e. The summed E-state index contributed by atoms with van der Waals surface area (Å²) < 4.78 is 0. The molecule has 0 nitrogen and oxygen atoms in total. The second kappa shape index (κ2) is 29.2. The summed E-state index contributed by atoms with van der Waals surface area (Å²) in [7, 11) is 0. The largest absolute Gasteiger partial charge is 0.143 e. The van der Waals surface area contributed by atoms with Crippen molar-refractivity contribution in [2.45, 2.75) is 170 Å². The Morgan fingerprint density at radius 1 is 0.351 bits per heavy atom. The summed E-state index contributed by atoms with van der Waals surface area (Å²) in [5, 5.41) is 2.28. The predicted molar refractivity (Wildman–Crippen MR) is 353 cm³/mol. The van der Waals surface area contributed by atoms with Crippen LogP contribution in [0, 0.1) is 11.8 Å². The van der Waals surface area contributed by atoms with Crippen LogP contribution in [-0.2, 0) is 19.3 Å². The van der Waals surface area contributed by atoms with Gasteiger partial charge < -0.3 is 0 Å². The first kappa shape index (κ1) is 57.3. The minimum absolute atomic E-state index is 1.04. The van der Waals surface area contributed by atoms with Crippen LogP contribution in [0.3, 0.4) is 0 Å². The van der Waals surface area contributed by atoms with Crippen molar-refractivity contribution in [2.24, 2.45) is 0 Å². The number of hydrogen-bond acceptors (Lipinski definition) is 7. The molecule has 0 radical (unpaired) electrons. The summed E-state index contributed by atoms with van der Waals surface area (Å²) in [4.78, 5) is 18.2. The minimum atomic E-state index is 1.04. The molecule has 7 heterocycles. The summed E-state index contributed by atoms with van der Waals surface area (Å²) in [5.74, 6) is 6.99. The Morgan fingerprint density at radius 3 is 1.22 bits per heavy atom. The molecule has 0 saturated heterocycles. The van der Waals surface area contributed by atoms with Crippen LogP contribution in [0.5, 0.6) is 0 Å². The van der Waals surface area contributed by atoms with Gasteiger partial charge >= 0.3 is 0 Å². The molecule has 0 aliphatic heterocycles. The Hall–Kier alpha value is -4.36. The lowest BCUT2D eigenvalue weighted by Crippen LogP contribution is -1.85. The van der Waals surface area contributed by atoms with E-state index in [2.05, 4.69) is 174 Å². The van der Waals surface area contributed by atoms with Gasteiger partial charge in [0.1, 0.15) is 0 Å². The van der Waals surface area contributed by atoms with Gasteiger partial charge in [0.05, 0.1) is 0 Å². The van der Waals surface area contributed by atoms with E-state index in [4.69, 9.17) is 0 Å². The highest BCUT2D eigenvalue weighted by Crippen LogP contribution is 2.48. The lowest BCUT2D eigenvalue weighted by Gasteiger charge is -2.06. The van der Waals surface area contributed by atoms with Gasteiger partial charge in [-0.2, -0.15) is 0 Å². The highest BCUT2D eigenvalue weighted by Gasteiger charge is 2.19. The molecule has 0 atom stereocenters. The fourth-order valence-corrected chi connectivity index (χ4v) is 18.3. The number of benzene rings is 2. The van der Waals surface area contributed by atoms with Crippen molar-refractivity contribution in [3.63, 3.8) is 0 Å². The van der Waals surface area contributed by atoms with Crippen molar-refractivity contribution in [3.05, 3.63) is 159 Å². The summed E-state index contributed by atoms with van der Waals surface area (Å²) in [5.41, 5.74) is 12.1. The average molecular weight is 1140 g/mol. The minimum Gasteiger partial charge on any atom is -0.143 e. The van der Waals surface area contributed by atoms with E-state index in [0.717, 1.165) is 24.0 Å². The van der Waals surface area contributed by atoms with Crippen molar-refractivity contribution in [1.29, 1.82) is 0 Å². The van der Waals surface area contributed by atoms with Crippen LogP contribution in [-0.4, -0.2) is 0 Å². The molecule has 9 aromatic rings. The van der Waals surface area contributed by atoms with Crippen LogP contribution in [0.4, 0.5) is 0 Å². The normalized spacial score (nSPS) is 11.9. The molecule has 0 saturated carbocycles. The molecule has 0 spiro atoms. The van der Waals surface area contributed by atoms with Crippen molar-refractivity contribution in [2.75, 3.05) is 0 Å². The quantitative estimate of drug-likeness (QED) is 0.0339. The van der Waals surface area contributed by atoms with E-state index in [9.17, 15) is 0 Å². The molecule has 77 heavy (non-hydrogen) atoms. The summed E-state index contributed by atoms with van der Waals surface area (Å²) in [6, 6.07) is 44.1. The van der Waals surface area contributed by atoms with Gasteiger partial charge in [0.25, 0.3) is 0 Å². The summed E-state index contributed by atoms with van der Waals surface area (Å²) in [6.07, 6.45) is 25.3. The second-order valence-corrected chi connectivity index (χ2v) is 28.3. The zero-order chi connectivity index (χ0) is 53.3. The van der Waals surface area contributed by atoms with Crippen molar-refractivity contribution in [1.82, 2.24) is 0 Å². The van der Waals surface area contributed by atoms with Gasteiger partial charge in [-0.1, -0.05) is 146 Å². The van der Waals surface area contributed by atoms with E-state index < -0.39 is 0 Å². The van der Waals surface area contributed by atoms with Crippen molar-refractivity contribution < 1.29 is 0 Å². The Morgan fingerprint density at radius 2 is 0.753 bits per heavy atom. The predicted octanol–water partition coefficient (Wildman–Crippen LogP) is 25.3. The molecule has 0 bridgehead atoms. The van der Waals surface area contributed by atoms with E-state index in [1.165, 1.54) is 212 Å².